The molecule has 0 aliphatic carbocycles. The Labute approximate surface area is 141 Å². The van der Waals surface area contributed by atoms with Crippen molar-refractivity contribution < 1.29 is 0 Å². The number of hydrogen-bond donors (Lipinski definition) is 1. The van der Waals surface area contributed by atoms with Crippen LogP contribution < -0.4 is 5.32 Å². The zero-order chi connectivity index (χ0) is 13.8. The summed E-state index contributed by atoms with van der Waals surface area (Å²) >= 11 is 7.77. The van der Waals surface area contributed by atoms with Crippen molar-refractivity contribution >= 4 is 35.8 Å². The highest BCUT2D eigenvalue weighted by Crippen LogP contribution is 2.35. The second-order valence-corrected chi connectivity index (χ2v) is 6.65. The molecule has 0 radical (unpaired) electrons. The summed E-state index contributed by atoms with van der Waals surface area (Å²) in [6.07, 6.45) is 3.85. The van der Waals surface area contributed by atoms with Crippen LogP contribution in [-0.2, 0) is 0 Å². The van der Waals surface area contributed by atoms with E-state index in [9.17, 15) is 0 Å². The highest BCUT2D eigenvalue weighted by atomic mass is 35.5. The predicted molar refractivity (Wildman–Crippen MR) is 93.9 cm³/mol. The van der Waals surface area contributed by atoms with E-state index >= 15 is 0 Å². The molecule has 21 heavy (non-hydrogen) atoms. The molecular formula is C17H19Cl2NS. The lowest BCUT2D eigenvalue weighted by atomic mass is 9.98. The van der Waals surface area contributed by atoms with Gasteiger partial charge in [0.25, 0.3) is 0 Å². The van der Waals surface area contributed by atoms with Crippen molar-refractivity contribution in [2.45, 2.75) is 35.1 Å². The summed E-state index contributed by atoms with van der Waals surface area (Å²) in [7, 11) is 0. The maximum atomic E-state index is 5.95. The minimum Gasteiger partial charge on any atom is -0.310 e. The van der Waals surface area contributed by atoms with Crippen LogP contribution in [0.3, 0.4) is 0 Å². The van der Waals surface area contributed by atoms with E-state index in [0.717, 1.165) is 11.6 Å². The minimum atomic E-state index is 0. The van der Waals surface area contributed by atoms with Gasteiger partial charge in [-0.1, -0.05) is 48.0 Å². The van der Waals surface area contributed by atoms with Gasteiger partial charge >= 0.3 is 0 Å². The summed E-state index contributed by atoms with van der Waals surface area (Å²) in [4.78, 5) is 2.58. The third kappa shape index (κ3) is 4.40. The lowest BCUT2D eigenvalue weighted by molar-refractivity contribution is 0.408. The van der Waals surface area contributed by atoms with E-state index in [4.69, 9.17) is 11.6 Å². The van der Waals surface area contributed by atoms with E-state index in [1.807, 2.05) is 23.9 Å². The number of benzene rings is 2. The van der Waals surface area contributed by atoms with E-state index in [1.54, 1.807) is 0 Å². The molecule has 1 heterocycles. The van der Waals surface area contributed by atoms with Crippen LogP contribution in [0.5, 0.6) is 0 Å². The molecule has 0 unspecified atom stereocenters. The summed E-state index contributed by atoms with van der Waals surface area (Å²) in [6, 6.07) is 17.3. The van der Waals surface area contributed by atoms with Crippen LogP contribution in [0.1, 0.15) is 30.9 Å². The summed E-state index contributed by atoms with van der Waals surface area (Å²) in [5.74, 6) is 0. The maximum Gasteiger partial charge on any atom is 0.0406 e. The van der Waals surface area contributed by atoms with Crippen LogP contribution >= 0.6 is 35.8 Å². The molecule has 1 N–H and O–H groups in total. The zero-order valence-electron chi connectivity index (χ0n) is 11.7. The number of hydrogen-bond acceptors (Lipinski definition) is 2. The molecule has 2 aromatic carbocycles. The molecule has 2 aromatic rings. The largest absolute Gasteiger partial charge is 0.310 e. The molecule has 1 nitrogen and oxygen atoms in total. The molecule has 0 spiro atoms. The average Bonchev–Trinajstić information content (AvgIpc) is 2.51. The molecule has 0 saturated carbocycles. The Kier molecular flexibility index (Phi) is 6.43. The second kappa shape index (κ2) is 8.09. The molecule has 3 rings (SSSR count). The highest BCUT2D eigenvalue weighted by Gasteiger charge is 2.17. The summed E-state index contributed by atoms with van der Waals surface area (Å²) in [6.45, 7) is 1.13. The fourth-order valence-corrected chi connectivity index (χ4v) is 3.74. The Morgan fingerprint density at radius 2 is 1.76 bits per heavy atom. The van der Waals surface area contributed by atoms with E-state index in [-0.39, 0.29) is 12.4 Å². The van der Waals surface area contributed by atoms with Crippen LogP contribution in [0.2, 0.25) is 5.02 Å². The number of nitrogens with one attached hydrogen (secondary N) is 1. The molecule has 1 saturated heterocycles. The molecule has 1 aliphatic heterocycles. The lowest BCUT2D eigenvalue weighted by Gasteiger charge is -2.25. The van der Waals surface area contributed by atoms with E-state index in [1.165, 1.54) is 34.6 Å². The molecule has 4 heteroatoms. The predicted octanol–water partition coefficient (Wildman–Crippen LogP) is 5.73. The molecule has 112 valence electrons. The van der Waals surface area contributed by atoms with E-state index < -0.39 is 0 Å². The number of halogens is 2. The average molecular weight is 340 g/mol. The Balaban J connectivity index is 0.00000161. The first-order chi connectivity index (χ1) is 9.83. The first-order valence-corrected chi connectivity index (χ1v) is 8.28. The van der Waals surface area contributed by atoms with Crippen molar-refractivity contribution in [2.24, 2.45) is 0 Å². The van der Waals surface area contributed by atoms with Gasteiger partial charge in [0, 0.05) is 20.9 Å². The van der Waals surface area contributed by atoms with Gasteiger partial charge in [0.2, 0.25) is 0 Å². The molecule has 0 aromatic heterocycles. The van der Waals surface area contributed by atoms with Crippen molar-refractivity contribution in [2.75, 3.05) is 6.54 Å². The summed E-state index contributed by atoms with van der Waals surface area (Å²) in [5.41, 5.74) is 1.42. The Morgan fingerprint density at radius 3 is 2.48 bits per heavy atom. The van der Waals surface area contributed by atoms with Crippen molar-refractivity contribution in [1.82, 2.24) is 5.32 Å². The van der Waals surface area contributed by atoms with Crippen LogP contribution in [0, 0.1) is 0 Å². The molecule has 1 aliphatic rings. The lowest BCUT2D eigenvalue weighted by Crippen LogP contribution is -2.27. The Bertz CT molecular complexity index is 565. The third-order valence-corrected chi connectivity index (χ3v) is 5.00. The van der Waals surface area contributed by atoms with Gasteiger partial charge in [-0.25, -0.2) is 0 Å². The van der Waals surface area contributed by atoms with Gasteiger partial charge in [-0.15, -0.1) is 12.4 Å². The zero-order valence-corrected chi connectivity index (χ0v) is 14.1. The van der Waals surface area contributed by atoms with Gasteiger partial charge in [-0.05, 0) is 55.3 Å². The smallest absolute Gasteiger partial charge is 0.0406 e. The van der Waals surface area contributed by atoms with E-state index in [0.29, 0.717) is 6.04 Å². The summed E-state index contributed by atoms with van der Waals surface area (Å²) in [5, 5.41) is 4.42. The topological polar surface area (TPSA) is 12.0 Å². The molecule has 1 fully saturated rings. The quantitative estimate of drug-likeness (QED) is 0.766. The molecule has 0 bridgehead atoms. The summed E-state index contributed by atoms with van der Waals surface area (Å²) < 4.78 is 0. The van der Waals surface area contributed by atoms with Gasteiger partial charge in [0.15, 0.2) is 0 Å². The van der Waals surface area contributed by atoms with Crippen molar-refractivity contribution in [3.63, 3.8) is 0 Å². The number of piperidine rings is 1. The highest BCUT2D eigenvalue weighted by molar-refractivity contribution is 7.99. The van der Waals surface area contributed by atoms with Crippen molar-refractivity contribution in [3.05, 3.63) is 59.1 Å². The Hall–Kier alpha value is -0.670. The molecule has 1 atom stereocenters. The van der Waals surface area contributed by atoms with Crippen LogP contribution in [0.4, 0.5) is 0 Å². The van der Waals surface area contributed by atoms with E-state index in [2.05, 4.69) is 41.7 Å². The van der Waals surface area contributed by atoms with Crippen LogP contribution in [0.25, 0.3) is 0 Å². The monoisotopic (exact) mass is 339 g/mol. The minimum absolute atomic E-state index is 0. The first-order valence-electron chi connectivity index (χ1n) is 7.09. The Morgan fingerprint density at radius 1 is 1.00 bits per heavy atom. The number of rotatable bonds is 3. The third-order valence-electron chi connectivity index (χ3n) is 3.65. The van der Waals surface area contributed by atoms with Crippen molar-refractivity contribution in [3.8, 4) is 0 Å². The SMILES string of the molecule is Cl.Clc1ccc(Sc2ccccc2[C@H]2CCCCN2)cc1. The molecule has 0 amide bonds. The maximum absolute atomic E-state index is 5.95. The van der Waals surface area contributed by atoms with Gasteiger partial charge < -0.3 is 5.32 Å². The fourth-order valence-electron chi connectivity index (χ4n) is 2.61. The van der Waals surface area contributed by atoms with Gasteiger partial charge in [0.1, 0.15) is 0 Å². The second-order valence-electron chi connectivity index (χ2n) is 5.10. The normalized spacial score (nSPS) is 18.0. The van der Waals surface area contributed by atoms with Crippen molar-refractivity contribution in [1.29, 1.82) is 0 Å². The van der Waals surface area contributed by atoms with Crippen LogP contribution in [0.15, 0.2) is 58.3 Å². The van der Waals surface area contributed by atoms with Crippen LogP contribution in [-0.4, -0.2) is 6.54 Å². The molecular weight excluding hydrogens is 321 g/mol. The van der Waals surface area contributed by atoms with Gasteiger partial charge in [-0.3, -0.25) is 0 Å². The first kappa shape index (κ1) is 16.7. The standard InChI is InChI=1S/C17H18ClNS.ClH/c18-13-8-10-14(11-9-13)20-17-7-2-1-5-15(17)16-6-3-4-12-19-16;/h1-2,5,7-11,16,19H,3-4,6,12H2;1H/t16-;/m1./s1. The van der Waals surface area contributed by atoms with Gasteiger partial charge in [0.05, 0.1) is 0 Å². The fraction of sp³-hybridized carbons (Fsp3) is 0.294. The van der Waals surface area contributed by atoms with Gasteiger partial charge in [-0.2, -0.15) is 0 Å².